The molecule has 3 heterocycles. The van der Waals surface area contributed by atoms with Gasteiger partial charge in [-0.3, -0.25) is 9.69 Å². The highest BCUT2D eigenvalue weighted by molar-refractivity contribution is 5.79. The summed E-state index contributed by atoms with van der Waals surface area (Å²) in [7, 11) is 0. The molecule has 0 aromatic rings. The first-order chi connectivity index (χ1) is 10.0. The lowest BCUT2D eigenvalue weighted by Crippen LogP contribution is -2.58. The highest BCUT2D eigenvalue weighted by atomic mass is 16.5. The second-order valence-electron chi connectivity index (χ2n) is 6.52. The summed E-state index contributed by atoms with van der Waals surface area (Å²) >= 11 is 0. The molecule has 0 aromatic carbocycles. The third kappa shape index (κ3) is 2.60. The van der Waals surface area contributed by atoms with Crippen molar-refractivity contribution in [1.82, 2.24) is 15.1 Å². The Labute approximate surface area is 124 Å². The molecule has 118 valence electrons. The van der Waals surface area contributed by atoms with Gasteiger partial charge in [0.2, 0.25) is 0 Å². The fourth-order valence-electron chi connectivity index (χ4n) is 3.50. The smallest absolute Gasteiger partial charge is 0.317 e. The Kier molecular flexibility index (Phi) is 3.79. The van der Waals surface area contributed by atoms with E-state index < -0.39 is 17.4 Å². The molecule has 0 aliphatic carbocycles. The molecule has 3 aliphatic rings. The molecule has 3 fully saturated rings. The number of amides is 2. The normalized spacial score (nSPS) is 36.5. The number of hydrogen-bond acceptors (Lipinski definition) is 4. The van der Waals surface area contributed by atoms with Gasteiger partial charge in [-0.05, 0) is 26.3 Å². The fourth-order valence-corrected chi connectivity index (χ4v) is 3.50. The van der Waals surface area contributed by atoms with Crippen LogP contribution in [0.1, 0.15) is 19.8 Å². The average Bonchev–Trinajstić information content (AvgIpc) is 3.06. The molecule has 2 N–H and O–H groups in total. The molecule has 7 heteroatoms. The monoisotopic (exact) mass is 297 g/mol. The minimum absolute atomic E-state index is 0.143. The first-order valence-electron chi connectivity index (χ1n) is 7.61. The van der Waals surface area contributed by atoms with E-state index in [-0.39, 0.29) is 19.2 Å². The minimum atomic E-state index is -1.04. The molecule has 7 nitrogen and oxygen atoms in total. The summed E-state index contributed by atoms with van der Waals surface area (Å²) in [6.07, 6.45) is 2.34. The Morgan fingerprint density at radius 3 is 2.90 bits per heavy atom. The molecule has 0 aromatic heterocycles. The maximum absolute atomic E-state index is 12.4. The summed E-state index contributed by atoms with van der Waals surface area (Å²) in [4.78, 5) is 28.0. The molecule has 3 atom stereocenters. The SMILES string of the molecule is CC1(C(=O)O)COCC1NC(=O)N1CCN2CCCC2C1. The Hall–Kier alpha value is -1.34. The van der Waals surface area contributed by atoms with Crippen molar-refractivity contribution in [1.29, 1.82) is 0 Å². The van der Waals surface area contributed by atoms with Crippen molar-refractivity contribution in [2.24, 2.45) is 5.41 Å². The number of aliphatic carboxylic acids is 1. The zero-order chi connectivity index (χ0) is 15.0. The fraction of sp³-hybridized carbons (Fsp3) is 0.857. The zero-order valence-corrected chi connectivity index (χ0v) is 12.4. The van der Waals surface area contributed by atoms with Crippen molar-refractivity contribution >= 4 is 12.0 Å². The highest BCUT2D eigenvalue weighted by Gasteiger charge is 2.48. The topological polar surface area (TPSA) is 82.1 Å². The van der Waals surface area contributed by atoms with Crippen molar-refractivity contribution in [3.8, 4) is 0 Å². The van der Waals surface area contributed by atoms with E-state index in [1.165, 1.54) is 6.42 Å². The van der Waals surface area contributed by atoms with E-state index in [2.05, 4.69) is 10.2 Å². The van der Waals surface area contributed by atoms with Crippen molar-refractivity contribution in [3.63, 3.8) is 0 Å². The lowest BCUT2D eigenvalue weighted by Gasteiger charge is -2.38. The van der Waals surface area contributed by atoms with Gasteiger partial charge in [-0.2, -0.15) is 0 Å². The molecule has 3 aliphatic heterocycles. The number of carboxylic acid groups (broad SMARTS) is 1. The van der Waals surface area contributed by atoms with Gasteiger partial charge in [0.15, 0.2) is 0 Å². The van der Waals surface area contributed by atoms with Gasteiger partial charge in [0.1, 0.15) is 5.41 Å². The maximum atomic E-state index is 12.4. The van der Waals surface area contributed by atoms with Crippen LogP contribution in [-0.4, -0.2) is 78.4 Å². The number of hydrogen-bond donors (Lipinski definition) is 2. The van der Waals surface area contributed by atoms with E-state index in [1.807, 2.05) is 4.90 Å². The summed E-state index contributed by atoms with van der Waals surface area (Å²) in [6.45, 7) is 5.52. The Bertz CT molecular complexity index is 444. The van der Waals surface area contributed by atoms with Gasteiger partial charge in [-0.15, -0.1) is 0 Å². The van der Waals surface area contributed by atoms with Gasteiger partial charge >= 0.3 is 12.0 Å². The van der Waals surface area contributed by atoms with Crippen LogP contribution in [-0.2, 0) is 9.53 Å². The van der Waals surface area contributed by atoms with Crippen molar-refractivity contribution in [2.45, 2.75) is 31.8 Å². The molecular weight excluding hydrogens is 274 g/mol. The van der Waals surface area contributed by atoms with Crippen molar-refractivity contribution in [3.05, 3.63) is 0 Å². The number of urea groups is 1. The lowest BCUT2D eigenvalue weighted by molar-refractivity contribution is -0.148. The lowest BCUT2D eigenvalue weighted by atomic mass is 9.85. The van der Waals surface area contributed by atoms with E-state index in [0.29, 0.717) is 12.6 Å². The summed E-state index contributed by atoms with van der Waals surface area (Å²) < 4.78 is 5.27. The van der Waals surface area contributed by atoms with Gasteiger partial charge in [0, 0.05) is 25.7 Å². The van der Waals surface area contributed by atoms with Gasteiger partial charge < -0.3 is 20.1 Å². The average molecular weight is 297 g/mol. The third-order valence-corrected chi connectivity index (χ3v) is 5.12. The second-order valence-corrected chi connectivity index (χ2v) is 6.52. The molecule has 0 bridgehead atoms. The summed E-state index contributed by atoms with van der Waals surface area (Å²) in [6, 6.07) is -0.163. The van der Waals surface area contributed by atoms with Crippen LogP contribution in [0.4, 0.5) is 4.79 Å². The van der Waals surface area contributed by atoms with Gasteiger partial charge in [-0.1, -0.05) is 0 Å². The van der Waals surface area contributed by atoms with Crippen LogP contribution in [0.15, 0.2) is 0 Å². The molecule has 0 spiro atoms. The van der Waals surface area contributed by atoms with Crippen LogP contribution >= 0.6 is 0 Å². The second kappa shape index (κ2) is 5.46. The molecule has 0 radical (unpaired) electrons. The van der Waals surface area contributed by atoms with E-state index >= 15 is 0 Å². The predicted molar refractivity (Wildman–Crippen MR) is 75.0 cm³/mol. The molecule has 21 heavy (non-hydrogen) atoms. The number of carboxylic acids is 1. The van der Waals surface area contributed by atoms with Crippen molar-refractivity contribution in [2.75, 3.05) is 39.4 Å². The molecular formula is C14H23N3O4. The molecule has 0 saturated carbocycles. The van der Waals surface area contributed by atoms with Crippen LogP contribution in [0.5, 0.6) is 0 Å². The molecule has 3 saturated heterocycles. The summed E-state index contributed by atoms with van der Waals surface area (Å²) in [5.41, 5.74) is -1.04. The number of nitrogens with one attached hydrogen (secondary N) is 1. The van der Waals surface area contributed by atoms with E-state index in [1.54, 1.807) is 6.92 Å². The van der Waals surface area contributed by atoms with Crippen LogP contribution < -0.4 is 5.32 Å². The number of piperazine rings is 1. The first kappa shape index (κ1) is 14.6. The van der Waals surface area contributed by atoms with Crippen LogP contribution in [0.3, 0.4) is 0 Å². The number of rotatable bonds is 2. The summed E-state index contributed by atoms with van der Waals surface area (Å²) in [5, 5.41) is 12.2. The number of ether oxygens (including phenoxy) is 1. The first-order valence-corrected chi connectivity index (χ1v) is 7.61. The standard InChI is InChI=1S/C14H23N3O4/c1-14(12(18)19)9-21-8-11(14)15-13(20)17-6-5-16-4-2-3-10(16)7-17/h10-11H,2-9H2,1H3,(H,15,20)(H,18,19). The molecule has 2 amide bonds. The quantitative estimate of drug-likeness (QED) is 0.748. The van der Waals surface area contributed by atoms with Gasteiger partial charge in [-0.25, -0.2) is 4.79 Å². The Morgan fingerprint density at radius 2 is 2.14 bits per heavy atom. The zero-order valence-electron chi connectivity index (χ0n) is 12.4. The van der Waals surface area contributed by atoms with Crippen LogP contribution in [0, 0.1) is 5.41 Å². The third-order valence-electron chi connectivity index (χ3n) is 5.12. The molecule has 3 unspecified atom stereocenters. The van der Waals surface area contributed by atoms with Gasteiger partial charge in [0.25, 0.3) is 0 Å². The van der Waals surface area contributed by atoms with E-state index in [9.17, 15) is 14.7 Å². The van der Waals surface area contributed by atoms with Crippen LogP contribution in [0.25, 0.3) is 0 Å². The Balaban J connectivity index is 1.60. The minimum Gasteiger partial charge on any atom is -0.481 e. The van der Waals surface area contributed by atoms with E-state index in [4.69, 9.17) is 4.74 Å². The van der Waals surface area contributed by atoms with Crippen LogP contribution in [0.2, 0.25) is 0 Å². The predicted octanol–water partition coefficient (Wildman–Crippen LogP) is -0.0343. The Morgan fingerprint density at radius 1 is 1.33 bits per heavy atom. The molecule has 3 rings (SSSR count). The maximum Gasteiger partial charge on any atom is 0.317 e. The van der Waals surface area contributed by atoms with Crippen molar-refractivity contribution < 1.29 is 19.4 Å². The number of fused-ring (bicyclic) bond motifs is 1. The highest BCUT2D eigenvalue weighted by Crippen LogP contribution is 2.29. The number of carbonyl (C=O) groups excluding carboxylic acids is 1. The summed E-state index contributed by atoms with van der Waals surface area (Å²) in [5.74, 6) is -0.925. The number of carbonyl (C=O) groups is 2. The van der Waals surface area contributed by atoms with Gasteiger partial charge in [0.05, 0.1) is 19.3 Å². The van der Waals surface area contributed by atoms with E-state index in [0.717, 1.165) is 26.1 Å². The largest absolute Gasteiger partial charge is 0.481 e. The number of nitrogens with zero attached hydrogens (tertiary/aromatic N) is 2.